The van der Waals surface area contributed by atoms with Gasteiger partial charge < -0.3 is 10.2 Å². The maximum absolute atomic E-state index is 10.9. The van der Waals surface area contributed by atoms with E-state index in [1.165, 1.54) is 11.8 Å². The third-order valence-corrected chi connectivity index (χ3v) is 3.50. The van der Waals surface area contributed by atoms with Crippen LogP contribution in [0.15, 0.2) is 17.5 Å². The average Bonchev–Trinajstić information content (AvgIpc) is 2.68. The zero-order valence-electron chi connectivity index (χ0n) is 10.4. The third-order valence-electron chi connectivity index (χ3n) is 2.64. The zero-order chi connectivity index (χ0) is 13.1. The highest BCUT2D eigenvalue weighted by Crippen LogP contribution is 2.17. The lowest BCUT2D eigenvalue weighted by atomic mass is 10.1. The van der Waals surface area contributed by atoms with Gasteiger partial charge in [0, 0.05) is 24.0 Å². The molecule has 1 aromatic rings. The Hall–Kier alpha value is -0.910. The van der Waals surface area contributed by atoms with Crippen molar-refractivity contribution in [2.75, 3.05) is 6.54 Å². The number of nitrogens with zero attached hydrogens (tertiary/aromatic N) is 1. The summed E-state index contributed by atoms with van der Waals surface area (Å²) >= 11 is 1.63. The van der Waals surface area contributed by atoms with E-state index in [4.69, 9.17) is 5.11 Å². The zero-order valence-corrected chi connectivity index (χ0v) is 11.2. The minimum Gasteiger partial charge on any atom is -0.479 e. The Morgan fingerprint density at radius 2 is 2.24 bits per heavy atom. The highest BCUT2D eigenvalue weighted by molar-refractivity contribution is 7.09. The Kier molecular flexibility index (Phi) is 4.68. The number of aliphatic hydroxyl groups is 1. The van der Waals surface area contributed by atoms with E-state index in [1.54, 1.807) is 11.3 Å². The minimum atomic E-state index is -1.71. The molecule has 1 rings (SSSR count). The summed E-state index contributed by atoms with van der Waals surface area (Å²) in [6.07, 6.45) is 0. The topological polar surface area (TPSA) is 60.8 Å². The number of thiophene rings is 1. The highest BCUT2D eigenvalue weighted by atomic mass is 32.1. The summed E-state index contributed by atoms with van der Waals surface area (Å²) in [6, 6.07) is 4.16. The van der Waals surface area contributed by atoms with Gasteiger partial charge in [-0.1, -0.05) is 6.07 Å². The van der Waals surface area contributed by atoms with E-state index in [0.29, 0.717) is 6.54 Å². The molecule has 0 spiro atoms. The Bertz CT molecular complexity index is 360. The largest absolute Gasteiger partial charge is 0.479 e. The molecule has 1 heterocycles. The first-order valence-corrected chi connectivity index (χ1v) is 6.43. The quantitative estimate of drug-likeness (QED) is 0.815. The molecule has 1 aromatic heterocycles. The average molecular weight is 257 g/mol. The SMILES string of the molecule is CC(C)N(Cc1cccs1)CC(C)(O)C(=O)O. The molecule has 5 heteroatoms. The summed E-state index contributed by atoms with van der Waals surface area (Å²) in [4.78, 5) is 14.0. The standard InChI is InChI=1S/C12H19NO3S/c1-9(2)13(7-10-5-4-6-17-10)8-12(3,16)11(14)15/h4-6,9,16H,7-8H2,1-3H3,(H,14,15). The van der Waals surface area contributed by atoms with E-state index in [-0.39, 0.29) is 12.6 Å². The van der Waals surface area contributed by atoms with Crippen LogP contribution in [-0.2, 0) is 11.3 Å². The number of carboxylic acid groups (broad SMARTS) is 1. The van der Waals surface area contributed by atoms with Gasteiger partial charge in [-0.25, -0.2) is 4.79 Å². The van der Waals surface area contributed by atoms with E-state index < -0.39 is 11.6 Å². The van der Waals surface area contributed by atoms with E-state index in [2.05, 4.69) is 0 Å². The Morgan fingerprint density at radius 1 is 1.59 bits per heavy atom. The summed E-state index contributed by atoms with van der Waals surface area (Å²) in [5.74, 6) is -1.19. The van der Waals surface area contributed by atoms with Crippen molar-refractivity contribution in [3.63, 3.8) is 0 Å². The normalized spacial score (nSPS) is 15.2. The van der Waals surface area contributed by atoms with Crippen LogP contribution in [0.3, 0.4) is 0 Å². The second-order valence-corrected chi connectivity index (χ2v) is 5.69. The molecule has 1 unspecified atom stereocenters. The van der Waals surface area contributed by atoms with E-state index in [9.17, 15) is 9.90 Å². The van der Waals surface area contributed by atoms with Gasteiger partial charge in [-0.05, 0) is 32.2 Å². The molecule has 0 aliphatic rings. The molecule has 0 aromatic carbocycles. The number of carboxylic acids is 1. The van der Waals surface area contributed by atoms with Gasteiger partial charge in [-0.2, -0.15) is 0 Å². The maximum Gasteiger partial charge on any atom is 0.336 e. The molecular weight excluding hydrogens is 238 g/mol. The van der Waals surface area contributed by atoms with E-state index in [0.717, 1.165) is 0 Å². The number of carbonyl (C=O) groups is 1. The summed E-state index contributed by atoms with van der Waals surface area (Å²) < 4.78 is 0. The summed E-state index contributed by atoms with van der Waals surface area (Å²) in [6.45, 7) is 6.10. The van der Waals surface area contributed by atoms with Crippen molar-refractivity contribution in [2.45, 2.75) is 39.0 Å². The summed E-state index contributed by atoms with van der Waals surface area (Å²) in [5.41, 5.74) is -1.71. The molecule has 0 amide bonds. The fourth-order valence-corrected chi connectivity index (χ4v) is 2.22. The monoisotopic (exact) mass is 257 g/mol. The molecule has 17 heavy (non-hydrogen) atoms. The van der Waals surface area contributed by atoms with Gasteiger partial charge in [0.1, 0.15) is 0 Å². The van der Waals surface area contributed by atoms with Crippen molar-refractivity contribution in [1.82, 2.24) is 4.90 Å². The number of hydrogen-bond donors (Lipinski definition) is 2. The Balaban J connectivity index is 2.70. The van der Waals surface area contributed by atoms with Crippen LogP contribution in [0.5, 0.6) is 0 Å². The molecule has 0 bridgehead atoms. The Morgan fingerprint density at radius 3 is 2.65 bits per heavy atom. The molecule has 1 atom stereocenters. The van der Waals surface area contributed by atoms with Gasteiger partial charge in [-0.3, -0.25) is 4.90 Å². The van der Waals surface area contributed by atoms with Crippen LogP contribution in [-0.4, -0.2) is 39.3 Å². The van der Waals surface area contributed by atoms with Gasteiger partial charge in [0.25, 0.3) is 0 Å². The lowest BCUT2D eigenvalue weighted by molar-refractivity contribution is -0.159. The van der Waals surface area contributed by atoms with Crippen LogP contribution < -0.4 is 0 Å². The highest BCUT2D eigenvalue weighted by Gasteiger charge is 2.33. The molecule has 0 aliphatic carbocycles. The van der Waals surface area contributed by atoms with Crippen molar-refractivity contribution in [2.24, 2.45) is 0 Å². The molecule has 0 fully saturated rings. The van der Waals surface area contributed by atoms with Crippen LogP contribution in [0.1, 0.15) is 25.6 Å². The first-order chi connectivity index (χ1) is 7.83. The number of rotatable bonds is 6. The Labute approximate surface area is 106 Å². The van der Waals surface area contributed by atoms with E-state index >= 15 is 0 Å². The third kappa shape index (κ3) is 4.11. The number of aliphatic carboxylic acids is 1. The smallest absolute Gasteiger partial charge is 0.336 e. The van der Waals surface area contributed by atoms with Gasteiger partial charge in [0.05, 0.1) is 0 Å². The van der Waals surface area contributed by atoms with Crippen LogP contribution in [0, 0.1) is 0 Å². The summed E-state index contributed by atoms with van der Waals surface area (Å²) in [5, 5.41) is 20.7. The second-order valence-electron chi connectivity index (χ2n) is 4.66. The molecule has 0 aliphatic heterocycles. The first-order valence-electron chi connectivity index (χ1n) is 5.55. The molecule has 4 nitrogen and oxygen atoms in total. The molecule has 0 radical (unpaired) electrons. The first kappa shape index (κ1) is 14.2. The predicted molar refractivity (Wildman–Crippen MR) is 68.1 cm³/mol. The second kappa shape index (κ2) is 5.62. The van der Waals surface area contributed by atoms with Crippen molar-refractivity contribution in [3.8, 4) is 0 Å². The molecule has 96 valence electrons. The van der Waals surface area contributed by atoms with Gasteiger partial charge >= 0.3 is 5.97 Å². The maximum atomic E-state index is 10.9. The van der Waals surface area contributed by atoms with Crippen molar-refractivity contribution in [3.05, 3.63) is 22.4 Å². The van der Waals surface area contributed by atoms with Crippen LogP contribution in [0.25, 0.3) is 0 Å². The van der Waals surface area contributed by atoms with Crippen molar-refractivity contribution in [1.29, 1.82) is 0 Å². The van der Waals surface area contributed by atoms with Gasteiger partial charge in [0.15, 0.2) is 5.60 Å². The molecule has 2 N–H and O–H groups in total. The van der Waals surface area contributed by atoms with Crippen LogP contribution in [0.2, 0.25) is 0 Å². The fraction of sp³-hybridized carbons (Fsp3) is 0.583. The molecule has 0 saturated heterocycles. The summed E-state index contributed by atoms with van der Waals surface area (Å²) in [7, 11) is 0. The number of hydrogen-bond acceptors (Lipinski definition) is 4. The van der Waals surface area contributed by atoms with Gasteiger partial charge in [0.2, 0.25) is 0 Å². The van der Waals surface area contributed by atoms with Gasteiger partial charge in [-0.15, -0.1) is 11.3 Å². The molecule has 0 saturated carbocycles. The van der Waals surface area contributed by atoms with Crippen LogP contribution in [0.4, 0.5) is 0 Å². The molecular formula is C12H19NO3S. The lowest BCUT2D eigenvalue weighted by Crippen LogP contribution is -2.48. The lowest BCUT2D eigenvalue weighted by Gasteiger charge is -2.31. The predicted octanol–water partition coefficient (Wildman–Crippen LogP) is 1.79. The van der Waals surface area contributed by atoms with Crippen molar-refractivity contribution < 1.29 is 15.0 Å². The van der Waals surface area contributed by atoms with Crippen molar-refractivity contribution >= 4 is 17.3 Å². The fourth-order valence-electron chi connectivity index (χ4n) is 1.49. The van der Waals surface area contributed by atoms with E-state index in [1.807, 2.05) is 36.3 Å². The van der Waals surface area contributed by atoms with Crippen LogP contribution >= 0.6 is 11.3 Å². The minimum absolute atomic E-state index is 0.123.